The molecule has 1 atom stereocenters. The lowest BCUT2D eigenvalue weighted by molar-refractivity contribution is -0.296. The Morgan fingerprint density at radius 2 is 1.26 bits per heavy atom. The molecule has 1 N–H and O–H groups in total. The number of aliphatic carboxylic acids is 1. The summed E-state index contributed by atoms with van der Waals surface area (Å²) in [6.45, 7) is 0. The van der Waals surface area contributed by atoms with Crippen LogP contribution in [-0.4, -0.2) is 44.1 Å². The molecule has 0 saturated heterocycles. The molecule has 1 aromatic carbocycles. The molecule has 18 heteroatoms. The number of aromatic nitrogens is 3. The van der Waals surface area contributed by atoms with Crippen molar-refractivity contribution in [3.63, 3.8) is 0 Å². The number of rotatable bonds is 6. The monoisotopic (exact) mass is 643 g/mol. The van der Waals surface area contributed by atoms with Crippen molar-refractivity contribution in [3.8, 4) is 11.4 Å². The van der Waals surface area contributed by atoms with Gasteiger partial charge in [-0.15, -0.1) is 11.8 Å². The normalized spacial score (nSPS) is 14.3. The summed E-state index contributed by atoms with van der Waals surface area (Å²) < 4.78 is 73.5. The van der Waals surface area contributed by atoms with Crippen molar-refractivity contribution in [1.82, 2.24) is 15.0 Å². The fraction of sp³-hybridized carbons (Fsp3) is 0.412. The van der Waals surface area contributed by atoms with E-state index in [-0.39, 0.29) is 27.9 Å². The second-order valence-corrected chi connectivity index (χ2v) is 12.3. The van der Waals surface area contributed by atoms with Crippen LogP contribution in [0.2, 0.25) is 0 Å². The van der Waals surface area contributed by atoms with Gasteiger partial charge >= 0.3 is 18.3 Å². The van der Waals surface area contributed by atoms with E-state index in [0.29, 0.717) is 11.8 Å². The SMILES string of the molecule is O=C(O)C(CSc1ccc(-c2nc(C(Cl)(Cl)Cl)nc(C(Cl)(Cl)Cl)n2)cc1)C(C(F)(F)F)C(F)(F)F. The van der Waals surface area contributed by atoms with Gasteiger partial charge in [0.2, 0.25) is 7.59 Å². The van der Waals surface area contributed by atoms with Crippen LogP contribution >= 0.6 is 81.4 Å². The molecule has 194 valence electrons. The van der Waals surface area contributed by atoms with E-state index < -0.39 is 43.5 Å². The van der Waals surface area contributed by atoms with Crippen molar-refractivity contribution in [1.29, 1.82) is 0 Å². The molecule has 0 fully saturated rings. The predicted molar refractivity (Wildman–Crippen MR) is 121 cm³/mol. The molecule has 5 nitrogen and oxygen atoms in total. The summed E-state index contributed by atoms with van der Waals surface area (Å²) >= 11 is 35.2. The zero-order valence-corrected chi connectivity index (χ0v) is 21.7. The molecule has 35 heavy (non-hydrogen) atoms. The minimum atomic E-state index is -5.80. The van der Waals surface area contributed by atoms with Gasteiger partial charge in [0.25, 0.3) is 0 Å². The smallest absolute Gasteiger partial charge is 0.401 e. The lowest BCUT2D eigenvalue weighted by Crippen LogP contribution is -2.45. The summed E-state index contributed by atoms with van der Waals surface area (Å²) in [5.74, 6) is -11.0. The van der Waals surface area contributed by atoms with E-state index in [9.17, 15) is 31.1 Å². The molecule has 0 aliphatic heterocycles. The maximum Gasteiger partial charge on any atom is 0.401 e. The van der Waals surface area contributed by atoms with Crippen molar-refractivity contribution >= 4 is 87.3 Å². The van der Waals surface area contributed by atoms with Crippen molar-refractivity contribution in [2.45, 2.75) is 24.8 Å². The van der Waals surface area contributed by atoms with Gasteiger partial charge in [-0.25, -0.2) is 15.0 Å². The summed E-state index contributed by atoms with van der Waals surface area (Å²) in [6.07, 6.45) is -11.6. The van der Waals surface area contributed by atoms with Crippen LogP contribution in [0.25, 0.3) is 11.4 Å². The van der Waals surface area contributed by atoms with Crippen LogP contribution in [0.3, 0.4) is 0 Å². The highest BCUT2D eigenvalue weighted by Crippen LogP contribution is 2.45. The Labute approximate surface area is 227 Å². The zero-order chi connectivity index (χ0) is 27.0. The van der Waals surface area contributed by atoms with Crippen LogP contribution in [0.5, 0.6) is 0 Å². The average molecular weight is 646 g/mol. The Morgan fingerprint density at radius 3 is 1.60 bits per heavy atom. The Bertz CT molecular complexity index is 1010. The fourth-order valence-electron chi connectivity index (χ4n) is 2.60. The summed E-state index contributed by atoms with van der Waals surface area (Å²) in [5.41, 5.74) is 0.223. The van der Waals surface area contributed by atoms with Crippen molar-refractivity contribution < 1.29 is 36.2 Å². The fourth-order valence-corrected chi connectivity index (χ4v) is 4.14. The van der Waals surface area contributed by atoms with Gasteiger partial charge in [-0.2, -0.15) is 26.3 Å². The average Bonchev–Trinajstić information content (AvgIpc) is 2.67. The van der Waals surface area contributed by atoms with Gasteiger partial charge in [-0.1, -0.05) is 81.7 Å². The maximum atomic E-state index is 13.0. The van der Waals surface area contributed by atoms with E-state index in [1.807, 2.05) is 0 Å². The third-order valence-electron chi connectivity index (χ3n) is 4.11. The molecule has 0 bridgehead atoms. The zero-order valence-electron chi connectivity index (χ0n) is 16.3. The summed E-state index contributed by atoms with van der Waals surface area (Å²) in [5, 5.41) is 9.02. The topological polar surface area (TPSA) is 76.0 Å². The molecule has 0 radical (unpaired) electrons. The Balaban J connectivity index is 2.33. The first-order valence-corrected chi connectivity index (χ1v) is 12.0. The van der Waals surface area contributed by atoms with Crippen LogP contribution < -0.4 is 0 Å². The molecule has 2 rings (SSSR count). The number of carbonyl (C=O) groups is 1. The highest BCUT2D eigenvalue weighted by atomic mass is 35.6. The first kappa shape index (κ1) is 30.6. The number of carboxylic acids is 1. The van der Waals surface area contributed by atoms with E-state index in [2.05, 4.69) is 15.0 Å². The molecule has 0 aliphatic rings. The predicted octanol–water partition coefficient (Wildman–Crippen LogP) is 7.73. The summed E-state index contributed by atoms with van der Waals surface area (Å²) in [4.78, 5) is 23.1. The number of hydrogen-bond donors (Lipinski definition) is 1. The quantitative estimate of drug-likeness (QED) is 0.197. The molecule has 0 saturated carbocycles. The Morgan fingerprint density at radius 1 is 0.829 bits per heavy atom. The summed E-state index contributed by atoms with van der Waals surface area (Å²) in [7, 11) is 0. The van der Waals surface area contributed by atoms with Crippen LogP contribution in [0.4, 0.5) is 26.3 Å². The standard InChI is InChI=1S/C17H9Cl6F6N3O2S/c18-14(19,20)12-30-10(31-13(32-12)15(21,22)23)6-1-3-7(4-2-6)35-5-8(11(33)34)9(16(24,25)26)17(27,28)29/h1-4,8-9H,5H2,(H,33,34). The van der Waals surface area contributed by atoms with Crippen molar-refractivity contribution in [2.24, 2.45) is 11.8 Å². The second-order valence-electron chi connectivity index (χ2n) is 6.64. The van der Waals surface area contributed by atoms with Crippen LogP contribution in [-0.2, 0) is 12.4 Å². The van der Waals surface area contributed by atoms with E-state index in [0.717, 1.165) is 0 Å². The number of nitrogens with zero attached hydrogens (tertiary/aromatic N) is 3. The van der Waals surface area contributed by atoms with E-state index in [4.69, 9.17) is 74.7 Å². The van der Waals surface area contributed by atoms with Gasteiger partial charge in [0.1, 0.15) is 0 Å². The molecular weight excluding hydrogens is 637 g/mol. The highest BCUT2D eigenvalue weighted by Gasteiger charge is 2.62. The van der Waals surface area contributed by atoms with Gasteiger partial charge in [-0.05, 0) is 12.1 Å². The van der Waals surface area contributed by atoms with Gasteiger partial charge in [0.05, 0.1) is 5.92 Å². The minimum absolute atomic E-state index is 0.128. The van der Waals surface area contributed by atoms with Gasteiger partial charge in [0, 0.05) is 16.2 Å². The third-order valence-corrected chi connectivity index (χ3v) is 6.25. The van der Waals surface area contributed by atoms with Crippen molar-refractivity contribution in [2.75, 3.05) is 5.75 Å². The number of thioether (sulfide) groups is 1. The minimum Gasteiger partial charge on any atom is -0.481 e. The largest absolute Gasteiger partial charge is 0.481 e. The molecule has 0 amide bonds. The molecule has 0 aliphatic carbocycles. The number of hydrogen-bond acceptors (Lipinski definition) is 5. The number of carboxylic acid groups (broad SMARTS) is 1. The van der Waals surface area contributed by atoms with Gasteiger partial charge in [0.15, 0.2) is 23.4 Å². The lowest BCUT2D eigenvalue weighted by atomic mass is 9.92. The molecule has 1 heterocycles. The first-order valence-electron chi connectivity index (χ1n) is 8.71. The molecular formula is C17H9Cl6F6N3O2S. The molecule has 1 aromatic heterocycles. The number of halogens is 12. The molecule has 2 aromatic rings. The maximum absolute atomic E-state index is 13.0. The van der Waals surface area contributed by atoms with Gasteiger partial charge < -0.3 is 5.11 Å². The van der Waals surface area contributed by atoms with E-state index in [1.165, 1.54) is 24.3 Å². The third kappa shape index (κ3) is 8.44. The summed E-state index contributed by atoms with van der Waals surface area (Å²) in [6, 6.07) is 5.21. The molecule has 1 unspecified atom stereocenters. The van der Waals surface area contributed by atoms with Crippen LogP contribution in [0.1, 0.15) is 11.6 Å². The van der Waals surface area contributed by atoms with Crippen LogP contribution in [0.15, 0.2) is 29.2 Å². The Kier molecular flexibility index (Phi) is 9.62. The first-order chi connectivity index (χ1) is 15.7. The van der Waals surface area contributed by atoms with Crippen molar-refractivity contribution in [3.05, 3.63) is 35.9 Å². The lowest BCUT2D eigenvalue weighted by Gasteiger charge is -2.27. The Hall–Kier alpha value is -0.630. The van der Waals surface area contributed by atoms with E-state index in [1.54, 1.807) is 0 Å². The molecule has 0 spiro atoms. The highest BCUT2D eigenvalue weighted by molar-refractivity contribution is 7.99. The number of benzene rings is 1. The van der Waals surface area contributed by atoms with Gasteiger partial charge in [-0.3, -0.25) is 4.79 Å². The van der Waals surface area contributed by atoms with Crippen LogP contribution in [0, 0.1) is 11.8 Å². The number of alkyl halides is 12. The van der Waals surface area contributed by atoms with E-state index >= 15 is 0 Å². The second kappa shape index (κ2) is 11.0.